The Morgan fingerprint density at radius 1 is 0.719 bits per heavy atom. The second-order valence-corrected chi connectivity index (χ2v) is 8.55. The summed E-state index contributed by atoms with van der Waals surface area (Å²) in [5.74, 6) is -10.8. The summed E-state index contributed by atoms with van der Waals surface area (Å²) >= 11 is 0. The molecule has 1 aliphatic heterocycles. The molecule has 0 unspecified atom stereocenters. The van der Waals surface area contributed by atoms with Crippen LogP contribution in [0.4, 0.5) is 27.6 Å². The fraction of sp³-hybridized carbons (Fsp3) is 0.368. The van der Waals surface area contributed by atoms with Gasteiger partial charge in [-0.05, 0) is 0 Å². The molecule has 1 saturated heterocycles. The van der Waals surface area contributed by atoms with E-state index in [1.165, 1.54) is 21.3 Å². The molecule has 1 aliphatic rings. The van der Waals surface area contributed by atoms with Crippen LogP contribution in [0.25, 0.3) is 0 Å². The van der Waals surface area contributed by atoms with Crippen LogP contribution in [-0.2, 0) is 10.0 Å². The molecule has 3 rings (SSSR count). The third-order valence-electron chi connectivity index (χ3n) is 5.02. The van der Waals surface area contributed by atoms with Crippen molar-refractivity contribution in [1.82, 2.24) is 4.31 Å². The Balaban J connectivity index is 1.88. The predicted octanol–water partition coefficient (Wildman–Crippen LogP) is 2.92. The van der Waals surface area contributed by atoms with E-state index in [0.29, 0.717) is 27.2 Å². The molecule has 2 aromatic carbocycles. The van der Waals surface area contributed by atoms with E-state index in [9.17, 15) is 30.4 Å². The van der Waals surface area contributed by atoms with Crippen LogP contribution in [0.15, 0.2) is 17.0 Å². The van der Waals surface area contributed by atoms with Gasteiger partial charge in [-0.25, -0.2) is 30.4 Å². The normalized spacial score (nSPS) is 15.1. The second kappa shape index (κ2) is 8.98. The van der Waals surface area contributed by atoms with Gasteiger partial charge in [-0.3, -0.25) is 0 Å². The molecule has 32 heavy (non-hydrogen) atoms. The van der Waals surface area contributed by atoms with Crippen molar-refractivity contribution in [3.8, 4) is 17.2 Å². The van der Waals surface area contributed by atoms with Gasteiger partial charge in [0, 0.05) is 44.0 Å². The quantitative estimate of drug-likeness (QED) is 0.359. The zero-order valence-corrected chi connectivity index (χ0v) is 18.0. The van der Waals surface area contributed by atoms with Crippen molar-refractivity contribution in [3.05, 3.63) is 41.2 Å². The van der Waals surface area contributed by atoms with E-state index in [1.54, 1.807) is 17.0 Å². The van der Waals surface area contributed by atoms with Crippen molar-refractivity contribution in [1.29, 1.82) is 0 Å². The van der Waals surface area contributed by atoms with E-state index in [2.05, 4.69) is 0 Å². The number of hydrogen-bond acceptors (Lipinski definition) is 6. The van der Waals surface area contributed by atoms with Crippen LogP contribution in [0.5, 0.6) is 17.2 Å². The molecule has 2 aromatic rings. The average Bonchev–Trinajstić information content (AvgIpc) is 2.80. The van der Waals surface area contributed by atoms with Gasteiger partial charge in [-0.1, -0.05) is 0 Å². The lowest BCUT2D eigenvalue weighted by molar-refractivity contribution is 0.324. The molecule has 176 valence electrons. The summed E-state index contributed by atoms with van der Waals surface area (Å²) in [6, 6.07) is 3.27. The van der Waals surface area contributed by atoms with Gasteiger partial charge in [-0.15, -0.1) is 0 Å². The number of ether oxygens (including phenoxy) is 3. The predicted molar refractivity (Wildman–Crippen MR) is 103 cm³/mol. The van der Waals surface area contributed by atoms with Crippen molar-refractivity contribution in [2.45, 2.75) is 4.90 Å². The highest BCUT2D eigenvalue weighted by Gasteiger charge is 2.38. The Morgan fingerprint density at radius 3 is 1.56 bits per heavy atom. The molecule has 0 aromatic heterocycles. The average molecular weight is 482 g/mol. The van der Waals surface area contributed by atoms with Gasteiger partial charge in [0.1, 0.15) is 0 Å². The number of sulfonamides is 1. The molecule has 7 nitrogen and oxygen atoms in total. The molecule has 0 radical (unpaired) electrons. The van der Waals surface area contributed by atoms with Crippen LogP contribution in [0.2, 0.25) is 0 Å². The Labute approximate surface area is 180 Å². The maximum Gasteiger partial charge on any atom is 0.249 e. The fourth-order valence-corrected chi connectivity index (χ4v) is 4.91. The summed E-state index contributed by atoms with van der Waals surface area (Å²) in [7, 11) is -0.700. The van der Waals surface area contributed by atoms with Crippen molar-refractivity contribution in [2.24, 2.45) is 0 Å². The summed E-state index contributed by atoms with van der Waals surface area (Å²) in [5, 5.41) is 0. The van der Waals surface area contributed by atoms with Gasteiger partial charge in [0.05, 0.1) is 21.3 Å². The molecule has 0 N–H and O–H groups in total. The Kier molecular flexibility index (Phi) is 6.69. The minimum Gasteiger partial charge on any atom is -0.493 e. The first kappa shape index (κ1) is 23.9. The van der Waals surface area contributed by atoms with Gasteiger partial charge >= 0.3 is 0 Å². The van der Waals surface area contributed by atoms with Crippen molar-refractivity contribution in [2.75, 3.05) is 52.4 Å². The second-order valence-electron chi connectivity index (χ2n) is 6.67. The smallest absolute Gasteiger partial charge is 0.249 e. The Hall–Kier alpha value is -2.80. The first-order valence-corrected chi connectivity index (χ1v) is 10.6. The van der Waals surface area contributed by atoms with Crippen LogP contribution < -0.4 is 19.1 Å². The number of halogens is 5. The standard InChI is InChI=1S/C19H19F5N2O5S/c1-29-11-8-10(9-12(30-2)18(11)31-3)25-4-6-26(7-5-25)32(27,28)19-16(23)14(21)13(20)15(22)17(19)24/h8-9H,4-7H2,1-3H3. The van der Waals surface area contributed by atoms with Crippen molar-refractivity contribution in [3.63, 3.8) is 0 Å². The third kappa shape index (κ3) is 3.90. The van der Waals surface area contributed by atoms with Crippen molar-refractivity contribution >= 4 is 15.7 Å². The molecular formula is C19H19F5N2O5S. The number of methoxy groups -OCH3 is 3. The first-order chi connectivity index (χ1) is 15.1. The van der Waals surface area contributed by atoms with Crippen LogP contribution in [0.1, 0.15) is 0 Å². The van der Waals surface area contributed by atoms with E-state index in [4.69, 9.17) is 14.2 Å². The van der Waals surface area contributed by atoms with Gasteiger partial charge in [0.25, 0.3) is 0 Å². The molecule has 0 aliphatic carbocycles. The summed E-state index contributed by atoms with van der Waals surface area (Å²) < 4.78 is 110. The van der Waals surface area contributed by atoms with Crippen LogP contribution in [0.3, 0.4) is 0 Å². The number of piperazine rings is 1. The number of rotatable bonds is 6. The first-order valence-electron chi connectivity index (χ1n) is 9.15. The van der Waals surface area contributed by atoms with E-state index >= 15 is 0 Å². The molecule has 0 spiro atoms. The highest BCUT2D eigenvalue weighted by atomic mass is 32.2. The molecule has 13 heteroatoms. The monoisotopic (exact) mass is 482 g/mol. The Bertz CT molecular complexity index is 1080. The zero-order valence-electron chi connectivity index (χ0n) is 17.2. The SMILES string of the molecule is COc1cc(N2CCN(S(=O)(=O)c3c(F)c(F)c(F)c(F)c3F)CC2)cc(OC)c1OC. The lowest BCUT2D eigenvalue weighted by Crippen LogP contribution is -2.49. The number of anilines is 1. The number of benzene rings is 2. The molecule has 0 bridgehead atoms. The summed E-state index contributed by atoms with van der Waals surface area (Å²) in [6.45, 7) is -0.405. The van der Waals surface area contributed by atoms with E-state index in [0.717, 1.165) is 0 Å². The third-order valence-corrected chi connectivity index (χ3v) is 6.94. The Morgan fingerprint density at radius 2 is 1.16 bits per heavy atom. The highest BCUT2D eigenvalue weighted by Crippen LogP contribution is 2.41. The number of hydrogen-bond donors (Lipinski definition) is 0. The van der Waals surface area contributed by atoms with Gasteiger partial charge in [-0.2, -0.15) is 4.31 Å². The van der Waals surface area contributed by atoms with Gasteiger partial charge < -0.3 is 19.1 Å². The molecule has 0 saturated carbocycles. The summed E-state index contributed by atoms with van der Waals surface area (Å²) in [4.78, 5) is -0.121. The topological polar surface area (TPSA) is 68.3 Å². The fourth-order valence-electron chi connectivity index (χ4n) is 3.38. The van der Waals surface area contributed by atoms with E-state index in [-0.39, 0.29) is 26.2 Å². The molecule has 0 amide bonds. The van der Waals surface area contributed by atoms with E-state index < -0.39 is 44.0 Å². The molecular weight excluding hydrogens is 463 g/mol. The maximum absolute atomic E-state index is 14.1. The number of nitrogens with zero attached hydrogens (tertiary/aromatic N) is 2. The minimum atomic E-state index is -4.99. The van der Waals surface area contributed by atoms with E-state index in [1.807, 2.05) is 0 Å². The van der Waals surface area contributed by atoms with Crippen LogP contribution >= 0.6 is 0 Å². The van der Waals surface area contributed by atoms with Crippen LogP contribution in [-0.4, -0.2) is 60.2 Å². The summed E-state index contributed by atoms with van der Waals surface area (Å²) in [5.41, 5.74) is 0.591. The summed E-state index contributed by atoms with van der Waals surface area (Å²) in [6.07, 6.45) is 0. The largest absolute Gasteiger partial charge is 0.493 e. The van der Waals surface area contributed by atoms with Gasteiger partial charge in [0.2, 0.25) is 21.6 Å². The lowest BCUT2D eigenvalue weighted by atomic mass is 10.2. The minimum absolute atomic E-state index is 0.0628. The maximum atomic E-state index is 14.1. The molecule has 1 heterocycles. The lowest BCUT2D eigenvalue weighted by Gasteiger charge is -2.35. The van der Waals surface area contributed by atoms with Gasteiger partial charge in [0.15, 0.2) is 39.7 Å². The van der Waals surface area contributed by atoms with Crippen LogP contribution in [0, 0.1) is 29.1 Å². The highest BCUT2D eigenvalue weighted by molar-refractivity contribution is 7.89. The van der Waals surface area contributed by atoms with Crippen molar-refractivity contribution < 1.29 is 44.6 Å². The zero-order chi connectivity index (χ0) is 23.8. The molecule has 0 atom stereocenters. The molecule has 1 fully saturated rings.